The minimum Gasteiger partial charge on any atom is -0.487 e. The summed E-state index contributed by atoms with van der Waals surface area (Å²) < 4.78 is 5.82. The Morgan fingerprint density at radius 1 is 1.14 bits per heavy atom. The van der Waals surface area contributed by atoms with Crippen LogP contribution >= 0.6 is 23.2 Å². The predicted octanol–water partition coefficient (Wildman–Crippen LogP) is 3.46. The van der Waals surface area contributed by atoms with Crippen LogP contribution in [0.15, 0.2) is 42.7 Å². The summed E-state index contributed by atoms with van der Waals surface area (Å²) in [5, 5.41) is 3.12. The molecule has 0 saturated carbocycles. The van der Waals surface area contributed by atoms with Gasteiger partial charge in [-0.2, -0.15) is 0 Å². The SMILES string of the molecule is Cc1[nH]c(C(=O)Nc2ccc(C(=O)NN)cc2OCc2ccncc2)c(Cl)c1Cl. The highest BCUT2D eigenvalue weighted by Crippen LogP contribution is 2.31. The smallest absolute Gasteiger partial charge is 0.273 e. The number of pyridine rings is 1. The van der Waals surface area contributed by atoms with Gasteiger partial charge in [0.2, 0.25) is 0 Å². The molecule has 8 nitrogen and oxygen atoms in total. The van der Waals surface area contributed by atoms with Crippen LogP contribution in [0.25, 0.3) is 0 Å². The summed E-state index contributed by atoms with van der Waals surface area (Å²) in [6.45, 7) is 1.90. The van der Waals surface area contributed by atoms with E-state index in [1.54, 1.807) is 31.5 Å². The Kier molecular flexibility index (Phi) is 6.38. The molecular formula is C19H17Cl2N5O3. The highest BCUT2D eigenvalue weighted by atomic mass is 35.5. The molecule has 3 rings (SSSR count). The lowest BCUT2D eigenvalue weighted by molar-refractivity contribution is 0.0952. The first-order valence-corrected chi connectivity index (χ1v) is 9.18. The number of hydrogen-bond acceptors (Lipinski definition) is 5. The van der Waals surface area contributed by atoms with Gasteiger partial charge in [0, 0.05) is 23.7 Å². The van der Waals surface area contributed by atoms with Crippen LogP contribution in [-0.4, -0.2) is 21.8 Å². The fourth-order valence-electron chi connectivity index (χ4n) is 2.52. The third-order valence-corrected chi connectivity index (χ3v) is 4.99. The van der Waals surface area contributed by atoms with Crippen molar-refractivity contribution in [1.82, 2.24) is 15.4 Å². The van der Waals surface area contributed by atoms with Crippen LogP contribution in [0.4, 0.5) is 5.69 Å². The van der Waals surface area contributed by atoms with Gasteiger partial charge in [0.1, 0.15) is 18.1 Å². The molecule has 3 aromatic rings. The quantitative estimate of drug-likeness (QED) is 0.269. The second-order valence-corrected chi connectivity index (χ2v) is 6.79. The Morgan fingerprint density at radius 2 is 1.86 bits per heavy atom. The first-order valence-electron chi connectivity index (χ1n) is 8.42. The number of hydrazine groups is 1. The Labute approximate surface area is 176 Å². The Morgan fingerprint density at radius 3 is 2.48 bits per heavy atom. The highest BCUT2D eigenvalue weighted by Gasteiger charge is 2.20. The molecule has 0 spiro atoms. The maximum absolute atomic E-state index is 12.7. The second kappa shape index (κ2) is 8.95. The van der Waals surface area contributed by atoms with E-state index in [-0.39, 0.29) is 33.7 Å². The van der Waals surface area contributed by atoms with E-state index < -0.39 is 11.8 Å². The molecule has 5 N–H and O–H groups in total. The average molecular weight is 434 g/mol. The number of aromatic amines is 1. The van der Waals surface area contributed by atoms with E-state index in [2.05, 4.69) is 20.7 Å². The number of aryl methyl sites for hydroxylation is 1. The van der Waals surface area contributed by atoms with Crippen molar-refractivity contribution in [3.05, 3.63) is 75.3 Å². The largest absolute Gasteiger partial charge is 0.487 e. The molecule has 0 atom stereocenters. The standard InChI is InChI=1S/C19H17Cl2N5O3/c1-10-15(20)16(21)17(24-10)19(28)25-13-3-2-12(18(27)26-22)8-14(13)29-9-11-4-6-23-7-5-11/h2-8,24H,9,22H2,1H3,(H,25,28)(H,26,27). The van der Waals surface area contributed by atoms with Gasteiger partial charge < -0.3 is 15.0 Å². The molecule has 0 aliphatic rings. The highest BCUT2D eigenvalue weighted by molar-refractivity contribution is 6.44. The van der Waals surface area contributed by atoms with Crippen LogP contribution < -0.4 is 21.3 Å². The monoisotopic (exact) mass is 433 g/mol. The summed E-state index contributed by atoms with van der Waals surface area (Å²) in [7, 11) is 0. The number of rotatable bonds is 6. The molecule has 2 heterocycles. The third kappa shape index (κ3) is 4.68. The topological polar surface area (TPSA) is 122 Å². The van der Waals surface area contributed by atoms with Gasteiger partial charge in [0.15, 0.2) is 0 Å². The number of nitrogens with zero attached hydrogens (tertiary/aromatic N) is 1. The summed E-state index contributed by atoms with van der Waals surface area (Å²) in [6.07, 6.45) is 3.28. The molecular weight excluding hydrogens is 417 g/mol. The van der Waals surface area contributed by atoms with Gasteiger partial charge in [-0.05, 0) is 42.8 Å². The molecule has 0 unspecified atom stereocenters. The molecule has 0 aliphatic heterocycles. The molecule has 2 amide bonds. The van der Waals surface area contributed by atoms with Gasteiger partial charge in [-0.3, -0.25) is 20.0 Å². The van der Waals surface area contributed by atoms with E-state index in [9.17, 15) is 9.59 Å². The minimum atomic E-state index is -0.505. The Bertz CT molecular complexity index is 1050. The van der Waals surface area contributed by atoms with Gasteiger partial charge in [-0.1, -0.05) is 23.2 Å². The van der Waals surface area contributed by atoms with Gasteiger partial charge in [-0.15, -0.1) is 0 Å². The number of carbonyl (C=O) groups excluding carboxylic acids is 2. The van der Waals surface area contributed by atoms with Crippen LogP contribution in [0, 0.1) is 6.92 Å². The number of carbonyl (C=O) groups is 2. The minimum absolute atomic E-state index is 0.123. The molecule has 0 radical (unpaired) electrons. The Balaban J connectivity index is 1.88. The first-order chi connectivity index (χ1) is 13.9. The van der Waals surface area contributed by atoms with Crippen LogP contribution in [-0.2, 0) is 6.61 Å². The van der Waals surface area contributed by atoms with Crippen molar-refractivity contribution in [2.75, 3.05) is 5.32 Å². The lowest BCUT2D eigenvalue weighted by atomic mass is 10.1. The van der Waals surface area contributed by atoms with E-state index in [1.165, 1.54) is 18.2 Å². The maximum Gasteiger partial charge on any atom is 0.273 e. The molecule has 0 bridgehead atoms. The van der Waals surface area contributed by atoms with Gasteiger partial charge in [0.25, 0.3) is 11.8 Å². The fraction of sp³-hybridized carbons (Fsp3) is 0.105. The van der Waals surface area contributed by atoms with E-state index in [1.807, 2.05) is 0 Å². The summed E-state index contributed by atoms with van der Waals surface area (Å²) in [5.74, 6) is 4.48. The number of ether oxygens (including phenoxy) is 1. The molecule has 10 heteroatoms. The second-order valence-electron chi connectivity index (χ2n) is 6.04. The first kappa shape index (κ1) is 20.7. The predicted molar refractivity (Wildman–Crippen MR) is 110 cm³/mol. The summed E-state index contributed by atoms with van der Waals surface area (Å²) in [4.78, 5) is 31.3. The third-order valence-electron chi connectivity index (χ3n) is 4.05. The van der Waals surface area contributed by atoms with Crippen LogP contribution in [0.5, 0.6) is 5.75 Å². The number of halogens is 2. The van der Waals surface area contributed by atoms with Gasteiger partial charge in [-0.25, -0.2) is 5.84 Å². The van der Waals surface area contributed by atoms with Crippen molar-refractivity contribution >= 4 is 40.7 Å². The van der Waals surface area contributed by atoms with Crippen molar-refractivity contribution in [2.24, 2.45) is 5.84 Å². The zero-order valence-corrected chi connectivity index (χ0v) is 16.8. The molecule has 0 fully saturated rings. The summed E-state index contributed by atoms with van der Waals surface area (Å²) in [6, 6.07) is 8.10. The van der Waals surface area contributed by atoms with Crippen molar-refractivity contribution in [3.63, 3.8) is 0 Å². The van der Waals surface area contributed by atoms with E-state index in [0.29, 0.717) is 11.4 Å². The zero-order chi connectivity index (χ0) is 21.0. The number of hydrogen-bond donors (Lipinski definition) is 4. The van der Waals surface area contributed by atoms with Crippen molar-refractivity contribution in [3.8, 4) is 5.75 Å². The number of H-pyrrole nitrogens is 1. The van der Waals surface area contributed by atoms with Crippen molar-refractivity contribution < 1.29 is 14.3 Å². The lowest BCUT2D eigenvalue weighted by Crippen LogP contribution is -2.30. The summed E-state index contributed by atoms with van der Waals surface area (Å²) in [5.41, 5.74) is 4.23. The number of nitrogens with one attached hydrogen (secondary N) is 3. The number of nitrogen functional groups attached to an aromatic ring is 1. The lowest BCUT2D eigenvalue weighted by Gasteiger charge is -2.14. The van der Waals surface area contributed by atoms with Crippen molar-refractivity contribution in [2.45, 2.75) is 13.5 Å². The maximum atomic E-state index is 12.7. The number of anilines is 1. The Hall–Kier alpha value is -3.07. The average Bonchev–Trinajstić information content (AvgIpc) is 3.00. The molecule has 1 aromatic carbocycles. The van der Waals surface area contributed by atoms with Crippen LogP contribution in [0.1, 0.15) is 32.1 Å². The molecule has 29 heavy (non-hydrogen) atoms. The van der Waals surface area contributed by atoms with E-state index in [0.717, 1.165) is 5.56 Å². The molecule has 2 aromatic heterocycles. The number of aromatic nitrogens is 2. The van der Waals surface area contributed by atoms with E-state index in [4.69, 9.17) is 33.8 Å². The van der Waals surface area contributed by atoms with Gasteiger partial charge >= 0.3 is 0 Å². The van der Waals surface area contributed by atoms with Crippen LogP contribution in [0.2, 0.25) is 10.0 Å². The number of nitrogens with two attached hydrogens (primary N) is 1. The number of amides is 2. The van der Waals surface area contributed by atoms with E-state index >= 15 is 0 Å². The fourth-order valence-corrected chi connectivity index (χ4v) is 2.94. The molecule has 0 saturated heterocycles. The zero-order valence-electron chi connectivity index (χ0n) is 15.3. The van der Waals surface area contributed by atoms with Gasteiger partial charge in [0.05, 0.1) is 15.7 Å². The van der Waals surface area contributed by atoms with Crippen molar-refractivity contribution in [1.29, 1.82) is 0 Å². The summed E-state index contributed by atoms with van der Waals surface area (Å²) >= 11 is 12.2. The number of benzene rings is 1. The van der Waals surface area contributed by atoms with Crippen LogP contribution in [0.3, 0.4) is 0 Å². The molecule has 0 aliphatic carbocycles. The molecule has 150 valence electrons. The normalized spacial score (nSPS) is 10.5.